The van der Waals surface area contributed by atoms with E-state index in [4.69, 9.17) is 0 Å². The molecule has 7 nitrogen and oxygen atoms in total. The van der Waals surface area contributed by atoms with E-state index >= 15 is 0 Å². The molecule has 1 aliphatic rings. The molecule has 0 bridgehead atoms. The molecule has 2 aromatic carbocycles. The van der Waals surface area contributed by atoms with Crippen molar-refractivity contribution in [1.82, 2.24) is 10.2 Å². The Labute approximate surface area is 149 Å². The molecule has 1 heterocycles. The van der Waals surface area contributed by atoms with Crippen molar-refractivity contribution < 1.29 is 24.6 Å². The number of nitrogens with zero attached hydrogens (tertiary/aromatic N) is 1. The average molecular weight is 354 g/mol. The van der Waals surface area contributed by atoms with Crippen molar-refractivity contribution in [3.05, 3.63) is 60.2 Å². The van der Waals surface area contributed by atoms with Gasteiger partial charge in [0.05, 0.1) is 0 Å². The molecule has 2 aromatic rings. The summed E-state index contributed by atoms with van der Waals surface area (Å²) < 4.78 is 0. The summed E-state index contributed by atoms with van der Waals surface area (Å²) in [5, 5.41) is 21.3. The summed E-state index contributed by atoms with van der Waals surface area (Å²) in [4.78, 5) is 36.7. The number of rotatable bonds is 4. The first-order valence-electron chi connectivity index (χ1n) is 8.14. The zero-order valence-corrected chi connectivity index (χ0v) is 13.8. The second kappa shape index (κ2) is 7.37. The van der Waals surface area contributed by atoms with Gasteiger partial charge in [-0.3, -0.25) is 9.59 Å². The van der Waals surface area contributed by atoms with E-state index in [-0.39, 0.29) is 13.1 Å². The maximum atomic E-state index is 12.8. The van der Waals surface area contributed by atoms with Crippen LogP contribution in [0.25, 0.3) is 11.1 Å². The molecule has 0 aromatic heterocycles. The minimum Gasteiger partial charge on any atom is -0.480 e. The highest BCUT2D eigenvalue weighted by Gasteiger charge is 2.43. The molecule has 1 fully saturated rings. The van der Waals surface area contributed by atoms with Crippen LogP contribution in [-0.2, 0) is 9.59 Å². The van der Waals surface area contributed by atoms with Gasteiger partial charge in [-0.2, -0.15) is 0 Å². The van der Waals surface area contributed by atoms with Crippen LogP contribution in [0.3, 0.4) is 0 Å². The topological polar surface area (TPSA) is 107 Å². The van der Waals surface area contributed by atoms with Gasteiger partial charge in [0.25, 0.3) is 5.91 Å². The van der Waals surface area contributed by atoms with Crippen LogP contribution in [0.2, 0.25) is 0 Å². The van der Waals surface area contributed by atoms with Gasteiger partial charge in [-0.15, -0.1) is 0 Å². The summed E-state index contributed by atoms with van der Waals surface area (Å²) in [6.07, 6.45) is 0. The van der Waals surface area contributed by atoms with Crippen molar-refractivity contribution in [2.45, 2.75) is 12.1 Å². The summed E-state index contributed by atoms with van der Waals surface area (Å²) in [5.74, 6) is -3.14. The number of carboxylic acids is 2. The van der Waals surface area contributed by atoms with Crippen LogP contribution in [0, 0.1) is 0 Å². The first kappa shape index (κ1) is 17.6. The zero-order chi connectivity index (χ0) is 18.7. The summed E-state index contributed by atoms with van der Waals surface area (Å²) in [5.41, 5.74) is 2.26. The maximum absolute atomic E-state index is 12.8. The molecule has 1 aliphatic heterocycles. The largest absolute Gasteiger partial charge is 0.480 e. The third-order valence-electron chi connectivity index (χ3n) is 4.39. The Bertz CT molecular complexity index is 820. The molecule has 3 N–H and O–H groups in total. The molecule has 0 aliphatic carbocycles. The number of benzene rings is 2. The lowest BCUT2D eigenvalue weighted by Gasteiger charge is -2.37. The van der Waals surface area contributed by atoms with Gasteiger partial charge in [0.2, 0.25) is 0 Å². The van der Waals surface area contributed by atoms with E-state index in [1.165, 1.54) is 0 Å². The molecular weight excluding hydrogens is 336 g/mol. The van der Waals surface area contributed by atoms with Gasteiger partial charge in [0.1, 0.15) is 6.04 Å². The highest BCUT2D eigenvalue weighted by Crippen LogP contribution is 2.21. The Kier molecular flexibility index (Phi) is 4.99. The van der Waals surface area contributed by atoms with Crippen LogP contribution in [0.4, 0.5) is 0 Å². The van der Waals surface area contributed by atoms with Crippen LogP contribution in [0.5, 0.6) is 0 Å². The molecular formula is C19H18N2O5. The van der Waals surface area contributed by atoms with Crippen molar-refractivity contribution in [2.75, 3.05) is 13.1 Å². The monoisotopic (exact) mass is 354 g/mol. The predicted octanol–water partition coefficient (Wildman–Crippen LogP) is 1.31. The van der Waals surface area contributed by atoms with Gasteiger partial charge in [0, 0.05) is 18.7 Å². The van der Waals surface area contributed by atoms with Gasteiger partial charge in [-0.1, -0.05) is 42.5 Å². The molecule has 1 amide bonds. The third kappa shape index (κ3) is 3.43. The molecule has 134 valence electrons. The predicted molar refractivity (Wildman–Crippen MR) is 93.8 cm³/mol. The Morgan fingerprint density at radius 2 is 1.50 bits per heavy atom. The fraction of sp³-hybridized carbons (Fsp3) is 0.211. The Hall–Kier alpha value is -3.19. The van der Waals surface area contributed by atoms with Gasteiger partial charge in [0.15, 0.2) is 6.04 Å². The molecule has 0 spiro atoms. The molecule has 3 rings (SSSR count). The van der Waals surface area contributed by atoms with Crippen LogP contribution < -0.4 is 5.32 Å². The van der Waals surface area contributed by atoms with E-state index in [1.807, 2.05) is 30.3 Å². The smallest absolute Gasteiger partial charge is 0.328 e. The second-order valence-corrected chi connectivity index (χ2v) is 6.00. The number of aliphatic carboxylic acids is 2. The summed E-state index contributed by atoms with van der Waals surface area (Å²) in [6.45, 7) is 0.342. The summed E-state index contributed by atoms with van der Waals surface area (Å²) in [7, 11) is 0. The van der Waals surface area contributed by atoms with Crippen LogP contribution in [-0.4, -0.2) is 58.1 Å². The van der Waals surface area contributed by atoms with Crippen molar-refractivity contribution in [3.8, 4) is 11.1 Å². The number of carbonyl (C=O) groups excluding carboxylic acids is 1. The number of hydrogen-bond acceptors (Lipinski definition) is 4. The lowest BCUT2D eigenvalue weighted by atomic mass is 10.0. The fourth-order valence-electron chi connectivity index (χ4n) is 3.10. The highest BCUT2D eigenvalue weighted by atomic mass is 16.4. The Morgan fingerprint density at radius 1 is 0.885 bits per heavy atom. The van der Waals surface area contributed by atoms with E-state index < -0.39 is 29.9 Å². The molecule has 26 heavy (non-hydrogen) atoms. The molecule has 1 saturated heterocycles. The van der Waals surface area contributed by atoms with E-state index in [2.05, 4.69) is 5.32 Å². The van der Waals surface area contributed by atoms with Gasteiger partial charge in [-0.25, -0.2) is 4.79 Å². The summed E-state index contributed by atoms with van der Waals surface area (Å²) >= 11 is 0. The standard InChI is InChI=1S/C19H18N2O5/c22-17(21-11-10-20-15(18(23)24)16(21)19(25)26)14-8-6-13(7-9-14)12-4-2-1-3-5-12/h1-9,15-16,20H,10-11H2,(H,23,24)(H,25,26)/t15-,16+/m0/s1. The quantitative estimate of drug-likeness (QED) is 0.764. The van der Waals surface area contributed by atoms with E-state index in [0.717, 1.165) is 16.0 Å². The molecule has 0 saturated carbocycles. The van der Waals surface area contributed by atoms with Gasteiger partial charge < -0.3 is 20.4 Å². The zero-order valence-electron chi connectivity index (χ0n) is 13.8. The lowest BCUT2D eigenvalue weighted by molar-refractivity contribution is -0.152. The number of hydrogen-bond donors (Lipinski definition) is 3. The second-order valence-electron chi connectivity index (χ2n) is 6.00. The minimum atomic E-state index is -1.46. The SMILES string of the molecule is O=C(O)[C@H]1NCCN(C(=O)c2ccc(-c3ccccc3)cc2)[C@H]1C(=O)O. The number of nitrogens with one attached hydrogen (secondary N) is 1. The van der Waals surface area contributed by atoms with Gasteiger partial charge in [-0.05, 0) is 23.3 Å². The Morgan fingerprint density at radius 3 is 2.08 bits per heavy atom. The van der Waals surface area contributed by atoms with Crippen LogP contribution in [0.15, 0.2) is 54.6 Å². The molecule has 2 atom stereocenters. The average Bonchev–Trinajstić information content (AvgIpc) is 2.67. The minimum absolute atomic E-state index is 0.125. The van der Waals surface area contributed by atoms with E-state index in [0.29, 0.717) is 5.56 Å². The van der Waals surface area contributed by atoms with Crippen molar-refractivity contribution in [1.29, 1.82) is 0 Å². The number of carboxylic acid groups (broad SMARTS) is 2. The van der Waals surface area contributed by atoms with Crippen molar-refractivity contribution >= 4 is 17.8 Å². The Balaban J connectivity index is 1.85. The van der Waals surface area contributed by atoms with Crippen LogP contribution >= 0.6 is 0 Å². The summed E-state index contributed by atoms with van der Waals surface area (Å²) in [6, 6.07) is 13.7. The highest BCUT2D eigenvalue weighted by molar-refractivity contribution is 5.98. The maximum Gasteiger partial charge on any atom is 0.328 e. The number of carbonyl (C=O) groups is 3. The fourth-order valence-corrected chi connectivity index (χ4v) is 3.10. The van der Waals surface area contributed by atoms with E-state index in [9.17, 15) is 24.6 Å². The lowest BCUT2D eigenvalue weighted by Crippen LogP contribution is -2.65. The first-order chi connectivity index (χ1) is 12.5. The molecule has 0 unspecified atom stereocenters. The molecule has 7 heteroatoms. The molecule has 0 radical (unpaired) electrons. The van der Waals surface area contributed by atoms with Crippen molar-refractivity contribution in [3.63, 3.8) is 0 Å². The van der Waals surface area contributed by atoms with Crippen molar-refractivity contribution in [2.24, 2.45) is 0 Å². The van der Waals surface area contributed by atoms with Crippen LogP contribution in [0.1, 0.15) is 10.4 Å². The number of amides is 1. The number of piperazine rings is 1. The van der Waals surface area contributed by atoms with Gasteiger partial charge >= 0.3 is 11.9 Å². The third-order valence-corrected chi connectivity index (χ3v) is 4.39. The van der Waals surface area contributed by atoms with E-state index in [1.54, 1.807) is 24.3 Å². The first-order valence-corrected chi connectivity index (χ1v) is 8.14. The normalized spacial score (nSPS) is 19.8.